The summed E-state index contributed by atoms with van der Waals surface area (Å²) < 4.78 is 5.44. The molecule has 3 amide bonds. The summed E-state index contributed by atoms with van der Waals surface area (Å²) in [4.78, 5) is 42.1. The maximum Gasteiger partial charge on any atom is 0.408 e. The molecule has 4 unspecified atom stereocenters. The van der Waals surface area contributed by atoms with E-state index in [1.165, 1.54) is 0 Å². The number of hydrogen-bond donors (Lipinski definition) is 3. The Morgan fingerprint density at radius 3 is 2.38 bits per heavy atom. The average Bonchev–Trinajstić information content (AvgIpc) is 3.50. The summed E-state index contributed by atoms with van der Waals surface area (Å²) in [7, 11) is 0. The molecule has 1 aromatic carbocycles. The van der Waals surface area contributed by atoms with Crippen molar-refractivity contribution < 1.29 is 24.2 Å². The molecular formula is C29H47N3O5. The van der Waals surface area contributed by atoms with E-state index in [2.05, 4.69) is 17.6 Å². The van der Waals surface area contributed by atoms with Gasteiger partial charge in [-0.15, -0.1) is 0 Å². The van der Waals surface area contributed by atoms with Crippen molar-refractivity contribution in [2.75, 3.05) is 6.54 Å². The maximum atomic E-state index is 14.2. The summed E-state index contributed by atoms with van der Waals surface area (Å²) in [5.41, 5.74) is 0.304. The largest absolute Gasteiger partial charge is 0.507 e. The zero-order chi connectivity index (χ0) is 27.9. The molecule has 1 aliphatic carbocycles. The van der Waals surface area contributed by atoms with Crippen LogP contribution in [0.25, 0.3) is 0 Å². The summed E-state index contributed by atoms with van der Waals surface area (Å²) >= 11 is 0. The molecule has 3 N–H and O–H groups in total. The molecule has 1 aromatic rings. The van der Waals surface area contributed by atoms with Gasteiger partial charge in [0.1, 0.15) is 23.4 Å². The van der Waals surface area contributed by atoms with Crippen molar-refractivity contribution in [2.24, 2.45) is 11.8 Å². The lowest BCUT2D eigenvalue weighted by atomic mass is 9.97. The minimum absolute atomic E-state index is 0.00261. The van der Waals surface area contributed by atoms with E-state index in [4.69, 9.17) is 4.74 Å². The van der Waals surface area contributed by atoms with Gasteiger partial charge in [0.2, 0.25) is 11.8 Å². The number of nitrogens with zero attached hydrogens (tertiary/aromatic N) is 1. The maximum absolute atomic E-state index is 14.2. The summed E-state index contributed by atoms with van der Waals surface area (Å²) in [6.07, 6.45) is 3.31. The summed E-state index contributed by atoms with van der Waals surface area (Å²) in [6.45, 7) is 15.6. The van der Waals surface area contributed by atoms with Crippen molar-refractivity contribution in [3.05, 3.63) is 29.3 Å². The fraction of sp³-hybridized carbons (Fsp3) is 0.690. The fourth-order valence-corrected chi connectivity index (χ4v) is 4.50. The van der Waals surface area contributed by atoms with Gasteiger partial charge in [-0.1, -0.05) is 58.7 Å². The van der Waals surface area contributed by atoms with Crippen molar-refractivity contribution in [2.45, 2.75) is 111 Å². The first-order valence-electron chi connectivity index (χ1n) is 13.6. The summed E-state index contributed by atoms with van der Waals surface area (Å²) in [5.74, 6) is -0.361. The number of rotatable bonds is 12. The number of aryl methyl sites for hydroxylation is 1. The van der Waals surface area contributed by atoms with Crippen LogP contribution >= 0.6 is 0 Å². The van der Waals surface area contributed by atoms with Gasteiger partial charge in [-0.25, -0.2) is 4.79 Å². The molecule has 2 rings (SSSR count). The third-order valence-electron chi connectivity index (χ3n) is 6.54. The molecule has 0 bridgehead atoms. The number of benzene rings is 1. The van der Waals surface area contributed by atoms with Crippen LogP contribution < -0.4 is 10.6 Å². The zero-order valence-corrected chi connectivity index (χ0v) is 23.9. The van der Waals surface area contributed by atoms with Gasteiger partial charge in [0.25, 0.3) is 0 Å². The Kier molecular flexibility index (Phi) is 10.8. The number of alkyl carbamates (subject to hydrolysis) is 1. The monoisotopic (exact) mass is 517 g/mol. The van der Waals surface area contributed by atoms with E-state index in [0.29, 0.717) is 24.1 Å². The molecule has 8 nitrogen and oxygen atoms in total. The predicted molar refractivity (Wildman–Crippen MR) is 145 cm³/mol. The van der Waals surface area contributed by atoms with Crippen molar-refractivity contribution in [1.29, 1.82) is 0 Å². The lowest BCUT2D eigenvalue weighted by Crippen LogP contribution is -2.54. The van der Waals surface area contributed by atoms with E-state index in [0.717, 1.165) is 25.7 Å². The minimum atomic E-state index is -1.01. The molecule has 37 heavy (non-hydrogen) atoms. The number of amides is 3. The lowest BCUT2D eigenvalue weighted by Gasteiger charge is -2.35. The molecule has 0 aliphatic heterocycles. The van der Waals surface area contributed by atoms with Gasteiger partial charge in [-0.3, -0.25) is 9.59 Å². The van der Waals surface area contributed by atoms with Crippen LogP contribution in [-0.2, 0) is 14.3 Å². The van der Waals surface area contributed by atoms with Crippen LogP contribution in [0.5, 0.6) is 5.75 Å². The zero-order valence-electron chi connectivity index (χ0n) is 23.9. The van der Waals surface area contributed by atoms with Gasteiger partial charge in [0, 0.05) is 18.2 Å². The third-order valence-corrected chi connectivity index (χ3v) is 6.54. The Morgan fingerprint density at radius 2 is 1.84 bits per heavy atom. The Morgan fingerprint density at radius 1 is 1.19 bits per heavy atom. The van der Waals surface area contributed by atoms with Crippen molar-refractivity contribution in [1.82, 2.24) is 15.5 Å². The van der Waals surface area contributed by atoms with Crippen LogP contribution in [0.15, 0.2) is 18.2 Å². The number of hydrogen-bond acceptors (Lipinski definition) is 5. The van der Waals surface area contributed by atoms with Crippen LogP contribution in [0.2, 0.25) is 0 Å². The average molecular weight is 518 g/mol. The Labute approximate surface area is 222 Å². The van der Waals surface area contributed by atoms with Gasteiger partial charge in [0.15, 0.2) is 0 Å². The van der Waals surface area contributed by atoms with Crippen LogP contribution in [-0.4, -0.2) is 52.1 Å². The first-order valence-corrected chi connectivity index (χ1v) is 13.6. The van der Waals surface area contributed by atoms with E-state index in [9.17, 15) is 19.5 Å². The lowest BCUT2D eigenvalue weighted by molar-refractivity contribution is -0.143. The highest BCUT2D eigenvalue weighted by Gasteiger charge is 2.48. The van der Waals surface area contributed by atoms with Gasteiger partial charge in [0.05, 0.1) is 0 Å². The Hall–Kier alpha value is -2.77. The number of ether oxygens (including phenoxy) is 1. The van der Waals surface area contributed by atoms with E-state index in [1.54, 1.807) is 50.8 Å². The first-order chi connectivity index (χ1) is 17.3. The second kappa shape index (κ2) is 13.2. The summed E-state index contributed by atoms with van der Waals surface area (Å²) in [6, 6.07) is 3.20. The molecular weight excluding hydrogens is 470 g/mol. The Balaban J connectivity index is 2.49. The normalized spacial score (nSPS) is 18.6. The van der Waals surface area contributed by atoms with Crippen molar-refractivity contribution >= 4 is 17.9 Å². The highest BCUT2D eigenvalue weighted by molar-refractivity contribution is 5.93. The quantitative estimate of drug-likeness (QED) is 0.329. The molecule has 208 valence electrons. The molecule has 0 radical (unpaired) electrons. The molecule has 4 atom stereocenters. The van der Waals surface area contributed by atoms with Gasteiger partial charge in [-0.2, -0.15) is 0 Å². The minimum Gasteiger partial charge on any atom is -0.507 e. The van der Waals surface area contributed by atoms with Crippen molar-refractivity contribution in [3.63, 3.8) is 0 Å². The molecule has 0 heterocycles. The molecule has 1 fully saturated rings. The number of carbonyl (C=O) groups excluding carboxylic acids is 3. The van der Waals surface area contributed by atoms with E-state index in [1.807, 2.05) is 20.8 Å². The fourth-order valence-electron chi connectivity index (χ4n) is 4.50. The second-order valence-electron chi connectivity index (χ2n) is 11.8. The number of nitrogens with one attached hydrogen (secondary N) is 2. The number of para-hydroxylation sites is 1. The number of phenols is 1. The molecule has 0 saturated heterocycles. The van der Waals surface area contributed by atoms with Gasteiger partial charge < -0.3 is 25.4 Å². The number of phenolic OH excluding ortho intramolecular Hbond substituents is 1. The number of unbranched alkanes of at least 4 members (excludes halogenated alkanes) is 2. The topological polar surface area (TPSA) is 108 Å². The predicted octanol–water partition coefficient (Wildman–Crippen LogP) is 5.22. The smallest absolute Gasteiger partial charge is 0.408 e. The Bertz CT molecular complexity index is 940. The van der Waals surface area contributed by atoms with Crippen LogP contribution in [0.3, 0.4) is 0 Å². The van der Waals surface area contributed by atoms with Gasteiger partial charge in [-0.05, 0) is 64.4 Å². The molecule has 0 aromatic heterocycles. The molecule has 1 aliphatic rings. The molecule has 0 spiro atoms. The van der Waals surface area contributed by atoms with Crippen LogP contribution in [0, 0.1) is 18.8 Å². The molecule has 1 saturated carbocycles. The molecule has 8 heteroatoms. The van der Waals surface area contributed by atoms with Crippen molar-refractivity contribution in [3.8, 4) is 5.75 Å². The second-order valence-corrected chi connectivity index (χ2v) is 11.8. The number of carbonyl (C=O) groups is 3. The van der Waals surface area contributed by atoms with E-state index >= 15 is 0 Å². The third kappa shape index (κ3) is 8.93. The van der Waals surface area contributed by atoms with Crippen LogP contribution in [0.4, 0.5) is 4.79 Å². The standard InChI is InChI=1S/C29H47N3O5/c1-9-10-11-15-30-26(34)24(21-14-12-13-19(4)25(21)33)32(23-17-20(23)5)27(35)22(16-18(2)3)31-28(36)37-29(6,7)8/h12-14,18,20,22-24,33H,9-11,15-17H2,1-8H3,(H,30,34)(H,31,36). The van der Waals surface area contributed by atoms with Gasteiger partial charge >= 0.3 is 6.09 Å². The highest BCUT2D eigenvalue weighted by Crippen LogP contribution is 2.43. The van der Waals surface area contributed by atoms with E-state index < -0.39 is 23.8 Å². The van der Waals surface area contributed by atoms with E-state index in [-0.39, 0.29) is 35.4 Å². The highest BCUT2D eigenvalue weighted by atomic mass is 16.6. The van der Waals surface area contributed by atoms with Crippen LogP contribution in [0.1, 0.15) is 97.7 Å². The number of aromatic hydroxyl groups is 1. The summed E-state index contributed by atoms with van der Waals surface area (Å²) in [5, 5.41) is 16.7. The SMILES string of the molecule is CCCCCNC(=O)C(c1cccc(C)c1O)N(C(=O)C(CC(C)C)NC(=O)OC(C)(C)C)C1CC1C. The first kappa shape index (κ1) is 30.5.